The first-order valence-corrected chi connectivity index (χ1v) is 20.3. The van der Waals surface area contributed by atoms with Crippen LogP contribution in [0, 0.1) is 0 Å². The molecule has 6 heterocycles. The van der Waals surface area contributed by atoms with Crippen molar-refractivity contribution < 1.29 is 39.0 Å². The monoisotopic (exact) mass is 820 g/mol. The third kappa shape index (κ3) is 6.59. The van der Waals surface area contributed by atoms with Crippen LogP contribution in [0.5, 0.6) is 0 Å². The van der Waals surface area contributed by atoms with E-state index in [0.29, 0.717) is 50.1 Å². The van der Waals surface area contributed by atoms with Crippen molar-refractivity contribution in [2.45, 2.75) is 38.0 Å². The molecule has 2 fully saturated rings. The molecule has 2 N–H and O–H groups in total. The van der Waals surface area contributed by atoms with Gasteiger partial charge in [-0.2, -0.15) is 0 Å². The normalized spacial score (nSPS) is 18.2. The van der Waals surface area contributed by atoms with E-state index in [1.165, 1.54) is 16.8 Å². The minimum absolute atomic E-state index is 0.0151. The number of urea groups is 1. The van der Waals surface area contributed by atoms with Gasteiger partial charge in [-0.15, -0.1) is 0 Å². The Hall–Kier alpha value is -6.90. The van der Waals surface area contributed by atoms with Gasteiger partial charge < -0.3 is 34.0 Å². The quantitative estimate of drug-likeness (QED) is 0.171. The number of fused-ring (bicyclic) bond motifs is 10. The van der Waals surface area contributed by atoms with Gasteiger partial charge in [0.25, 0.3) is 5.91 Å². The number of carbonyl (C=O) groups excluding carboxylic acids is 6. The average Bonchev–Trinajstić information content (AvgIpc) is 3.86. The first-order chi connectivity index (χ1) is 29.5. The first-order valence-electron chi connectivity index (χ1n) is 20.3. The Balaban J connectivity index is 0.000000156. The molecular weight excluding hydrogens is 777 g/mol. The number of piperazine rings is 1. The van der Waals surface area contributed by atoms with Crippen LogP contribution in [-0.2, 0) is 40.3 Å². The van der Waals surface area contributed by atoms with Crippen molar-refractivity contribution >= 4 is 57.1 Å². The minimum atomic E-state index is -0.578. The number of hydrogen-bond acceptors (Lipinski definition) is 8. The molecule has 2 saturated heterocycles. The number of para-hydroxylation sites is 2. The highest BCUT2D eigenvalue weighted by atomic mass is 16.3. The largest absolute Gasteiger partial charge is 0.388 e. The van der Waals surface area contributed by atoms with E-state index >= 15 is 0 Å². The van der Waals surface area contributed by atoms with Gasteiger partial charge in [-0.05, 0) is 23.3 Å². The lowest BCUT2D eigenvalue weighted by molar-refractivity contribution is -0.155. The standard InChI is InChI=1S/C24H23N3O4.C23H21N3O4/c1-25-13-21(30)26-11-10-19-22(23(26)24(25)31)17-4-2-3-5-18(17)27(19)12-15-6-8-16(9-7-15)20(29)14-28;1-24-22(29)21-20-16-4-2-3-5-17(16)26(18(20)10-11-25(21)23(24)30)12-14-6-8-15(9-7-14)19(28)13-27/h2-9,23,28H,10-14H2,1H3;2-9,21,27H,10-13H2,1H3. The van der Waals surface area contributed by atoms with Crippen LogP contribution in [0.2, 0.25) is 0 Å². The van der Waals surface area contributed by atoms with Gasteiger partial charge in [0.1, 0.15) is 25.3 Å². The summed E-state index contributed by atoms with van der Waals surface area (Å²) in [6, 6.07) is 29.0. The van der Waals surface area contributed by atoms with E-state index in [9.17, 15) is 28.8 Å². The lowest BCUT2D eigenvalue weighted by atomic mass is 9.93. The number of carbonyl (C=O) groups is 6. The van der Waals surface area contributed by atoms with E-state index < -0.39 is 25.3 Å². The second kappa shape index (κ2) is 15.6. The van der Waals surface area contributed by atoms with E-state index in [2.05, 4.69) is 9.13 Å². The van der Waals surface area contributed by atoms with Gasteiger partial charge in [-0.25, -0.2) is 4.79 Å². The van der Waals surface area contributed by atoms with Crippen molar-refractivity contribution in [3.63, 3.8) is 0 Å². The SMILES string of the molecule is CN1C(=O)C2c3c(n(Cc4ccc(C(=O)CO)cc4)c4ccccc34)CCN2C1=O.CN1CC(=O)N2CCc3c(c4ccccc4n3Cc3ccc(C(=O)CO)cc3)C2C1=O. The Kier molecular flexibility index (Phi) is 10.1. The number of likely N-dealkylation sites (N-methyl/N-ethyl adjacent to an activating group) is 2. The van der Waals surface area contributed by atoms with Crippen molar-refractivity contribution in [3.8, 4) is 0 Å². The Morgan fingerprint density at radius 2 is 1.03 bits per heavy atom. The van der Waals surface area contributed by atoms with Gasteiger partial charge >= 0.3 is 6.03 Å². The molecule has 5 amide bonds. The molecule has 61 heavy (non-hydrogen) atoms. The maximum atomic E-state index is 13.1. The van der Waals surface area contributed by atoms with Gasteiger partial charge in [0.2, 0.25) is 11.8 Å². The fourth-order valence-corrected chi connectivity index (χ4v) is 9.48. The molecule has 0 spiro atoms. The molecule has 4 aliphatic rings. The molecule has 2 aromatic heterocycles. The number of nitrogens with zero attached hydrogens (tertiary/aromatic N) is 6. The van der Waals surface area contributed by atoms with Crippen LogP contribution < -0.4 is 0 Å². The number of aromatic nitrogens is 2. The molecule has 14 nitrogen and oxygen atoms in total. The maximum Gasteiger partial charge on any atom is 0.327 e. The van der Waals surface area contributed by atoms with Gasteiger partial charge in [-0.3, -0.25) is 28.9 Å². The summed E-state index contributed by atoms with van der Waals surface area (Å²) in [5.41, 5.74) is 9.05. The summed E-state index contributed by atoms with van der Waals surface area (Å²) >= 11 is 0. The number of Topliss-reactive ketones (excluding diaryl/α,β-unsaturated/α-hetero) is 2. The molecule has 2 atom stereocenters. The van der Waals surface area contributed by atoms with Crippen molar-refractivity contribution in [2.75, 3.05) is 46.9 Å². The van der Waals surface area contributed by atoms with Crippen LogP contribution in [0.25, 0.3) is 21.8 Å². The van der Waals surface area contributed by atoms with E-state index in [0.717, 1.165) is 55.4 Å². The second-order valence-electron chi connectivity index (χ2n) is 15.9. The van der Waals surface area contributed by atoms with Crippen molar-refractivity contribution in [1.82, 2.24) is 28.7 Å². The minimum Gasteiger partial charge on any atom is -0.388 e. The number of aliphatic hydroxyl groups excluding tert-OH is 2. The summed E-state index contributed by atoms with van der Waals surface area (Å²) in [5, 5.41) is 20.1. The Bertz CT molecular complexity index is 2790. The van der Waals surface area contributed by atoms with Crippen molar-refractivity contribution in [2.24, 2.45) is 0 Å². The van der Waals surface area contributed by atoms with E-state index in [-0.39, 0.29) is 41.9 Å². The molecular formula is C47H44N6O8. The van der Waals surface area contributed by atoms with Crippen LogP contribution in [0.3, 0.4) is 0 Å². The van der Waals surface area contributed by atoms with E-state index in [1.54, 1.807) is 41.1 Å². The highest BCUT2D eigenvalue weighted by Gasteiger charge is 2.48. The smallest absolute Gasteiger partial charge is 0.327 e. The fraction of sp³-hybridized carbons (Fsp3) is 0.277. The van der Waals surface area contributed by atoms with Crippen molar-refractivity contribution in [1.29, 1.82) is 0 Å². The van der Waals surface area contributed by atoms with Crippen molar-refractivity contribution in [3.05, 3.63) is 142 Å². The number of benzene rings is 4. The molecule has 0 bridgehead atoms. The summed E-state index contributed by atoms with van der Waals surface area (Å²) in [5.74, 6) is -0.858. The summed E-state index contributed by atoms with van der Waals surface area (Å²) in [6.07, 6.45) is 1.36. The number of imide groups is 1. The molecule has 0 saturated carbocycles. The Morgan fingerprint density at radius 3 is 1.51 bits per heavy atom. The van der Waals surface area contributed by atoms with Gasteiger partial charge in [0.15, 0.2) is 11.6 Å². The zero-order valence-corrected chi connectivity index (χ0v) is 33.8. The Labute approximate surface area is 350 Å². The Morgan fingerprint density at radius 1 is 0.590 bits per heavy atom. The third-order valence-electron chi connectivity index (χ3n) is 12.5. The van der Waals surface area contributed by atoms with Gasteiger partial charge in [0.05, 0.1) is 6.54 Å². The number of amides is 5. The fourth-order valence-electron chi connectivity index (χ4n) is 9.48. The molecule has 0 radical (unpaired) electrons. The molecule has 2 unspecified atom stereocenters. The highest BCUT2D eigenvalue weighted by molar-refractivity contribution is 6.07. The van der Waals surface area contributed by atoms with Crippen LogP contribution in [0.1, 0.15) is 66.4 Å². The maximum absolute atomic E-state index is 13.1. The van der Waals surface area contributed by atoms with E-state index in [1.807, 2.05) is 72.8 Å². The lowest BCUT2D eigenvalue weighted by Gasteiger charge is -2.42. The average molecular weight is 821 g/mol. The summed E-state index contributed by atoms with van der Waals surface area (Å²) in [4.78, 5) is 80.5. The van der Waals surface area contributed by atoms with Crippen LogP contribution in [-0.4, -0.2) is 121 Å². The third-order valence-corrected chi connectivity index (χ3v) is 12.5. The number of ketones is 2. The van der Waals surface area contributed by atoms with Crippen LogP contribution >= 0.6 is 0 Å². The van der Waals surface area contributed by atoms with Gasteiger partial charge in [-0.1, -0.05) is 84.9 Å². The molecule has 4 aromatic carbocycles. The second-order valence-corrected chi connectivity index (χ2v) is 15.9. The highest BCUT2D eigenvalue weighted by Crippen LogP contribution is 2.43. The number of hydrogen-bond donors (Lipinski definition) is 2. The van der Waals surface area contributed by atoms with E-state index in [4.69, 9.17) is 10.2 Å². The topological polar surface area (TPSA) is 166 Å². The zero-order valence-electron chi connectivity index (χ0n) is 33.8. The van der Waals surface area contributed by atoms with Crippen LogP contribution in [0.4, 0.5) is 4.79 Å². The molecule has 310 valence electrons. The molecule has 0 aliphatic carbocycles. The molecule has 14 heteroatoms. The van der Waals surface area contributed by atoms with Gasteiger partial charge in [0, 0.05) is 109 Å². The first kappa shape index (κ1) is 39.6. The number of rotatable bonds is 8. The molecule has 6 aromatic rings. The summed E-state index contributed by atoms with van der Waals surface area (Å²) in [7, 11) is 3.22. The molecule has 4 aliphatic heterocycles. The molecule has 10 rings (SSSR count). The predicted molar refractivity (Wildman–Crippen MR) is 225 cm³/mol. The zero-order chi connectivity index (χ0) is 42.7. The summed E-state index contributed by atoms with van der Waals surface area (Å²) in [6.45, 7) is 1.33. The summed E-state index contributed by atoms with van der Waals surface area (Å²) < 4.78 is 4.43. The number of aliphatic hydroxyl groups is 2. The lowest BCUT2D eigenvalue weighted by Crippen LogP contribution is -2.56. The predicted octanol–water partition coefficient (Wildman–Crippen LogP) is 4.12. The van der Waals surface area contributed by atoms with Crippen LogP contribution in [0.15, 0.2) is 97.1 Å².